The molecule has 0 unspecified atom stereocenters. The standard InChI is InChI=1S/C23H15BrIN3O4S/c24-14-9-11-15(12-10-14)33(31,32)28-20-13-21(22(29)17-6-2-1-5-16(17)20)26-27-23(30)18-7-3-4-8-19(18)25/h1-13,28-29H. The van der Waals surface area contributed by atoms with Crippen molar-refractivity contribution in [2.75, 3.05) is 4.72 Å². The van der Waals surface area contributed by atoms with Crippen LogP contribution in [-0.2, 0) is 10.0 Å². The van der Waals surface area contributed by atoms with Crippen LogP contribution in [0.25, 0.3) is 10.8 Å². The Balaban J connectivity index is 1.76. The molecule has 7 nitrogen and oxygen atoms in total. The van der Waals surface area contributed by atoms with Gasteiger partial charge in [0.25, 0.3) is 15.9 Å². The first kappa shape index (κ1) is 23.3. The van der Waals surface area contributed by atoms with Crippen molar-refractivity contribution >= 4 is 76.6 Å². The van der Waals surface area contributed by atoms with Crippen molar-refractivity contribution in [3.05, 3.63) is 92.5 Å². The molecule has 10 heteroatoms. The molecule has 0 bridgehead atoms. The number of sulfonamides is 1. The number of carbonyl (C=O) groups excluding carboxylic acids is 1. The van der Waals surface area contributed by atoms with Gasteiger partial charge in [-0.3, -0.25) is 9.52 Å². The lowest BCUT2D eigenvalue weighted by Gasteiger charge is -2.13. The number of azo groups is 1. The van der Waals surface area contributed by atoms with Crippen LogP contribution in [0.3, 0.4) is 0 Å². The lowest BCUT2D eigenvalue weighted by Crippen LogP contribution is -2.13. The van der Waals surface area contributed by atoms with Gasteiger partial charge in [0.2, 0.25) is 0 Å². The van der Waals surface area contributed by atoms with Crippen molar-refractivity contribution in [1.82, 2.24) is 0 Å². The lowest BCUT2D eigenvalue weighted by atomic mass is 10.1. The molecular formula is C23H15BrIN3O4S. The van der Waals surface area contributed by atoms with Crippen LogP contribution in [0.1, 0.15) is 10.4 Å². The molecule has 0 fully saturated rings. The van der Waals surface area contributed by atoms with Crippen molar-refractivity contribution in [2.24, 2.45) is 10.2 Å². The molecular weight excluding hydrogens is 621 g/mol. The van der Waals surface area contributed by atoms with Crippen LogP contribution in [0.15, 0.2) is 98.5 Å². The number of benzene rings is 4. The molecule has 2 N–H and O–H groups in total. The Morgan fingerprint density at radius 1 is 0.939 bits per heavy atom. The molecule has 0 aliphatic heterocycles. The third kappa shape index (κ3) is 5.07. The number of fused-ring (bicyclic) bond motifs is 1. The van der Waals surface area contributed by atoms with Crippen molar-refractivity contribution in [1.29, 1.82) is 0 Å². The summed E-state index contributed by atoms with van der Waals surface area (Å²) in [6.45, 7) is 0. The highest BCUT2D eigenvalue weighted by Crippen LogP contribution is 2.40. The third-order valence-corrected chi connectivity index (χ3v) is 7.57. The number of phenolic OH excluding ortho intramolecular Hbond substituents is 1. The number of nitrogens with zero attached hydrogens (tertiary/aromatic N) is 2. The number of anilines is 1. The van der Waals surface area contributed by atoms with E-state index in [0.29, 0.717) is 19.9 Å². The van der Waals surface area contributed by atoms with Crippen LogP contribution in [0.4, 0.5) is 11.4 Å². The van der Waals surface area contributed by atoms with E-state index in [1.165, 1.54) is 18.2 Å². The Labute approximate surface area is 211 Å². The molecule has 0 aromatic heterocycles. The molecule has 4 aromatic carbocycles. The van der Waals surface area contributed by atoms with E-state index in [4.69, 9.17) is 0 Å². The van der Waals surface area contributed by atoms with Gasteiger partial charge in [0.05, 0.1) is 16.1 Å². The molecule has 4 rings (SSSR count). The predicted molar refractivity (Wildman–Crippen MR) is 139 cm³/mol. The number of phenols is 1. The first-order valence-corrected chi connectivity index (χ1v) is 12.9. The van der Waals surface area contributed by atoms with Crippen LogP contribution in [0.2, 0.25) is 0 Å². The molecule has 0 atom stereocenters. The largest absolute Gasteiger partial charge is 0.505 e. The SMILES string of the molecule is O=C(N=Nc1cc(NS(=O)(=O)c2ccc(Br)cc2)c2ccccc2c1O)c1ccccc1I. The number of carbonyl (C=O) groups is 1. The van der Waals surface area contributed by atoms with Crippen molar-refractivity contribution in [3.63, 3.8) is 0 Å². The zero-order chi connectivity index (χ0) is 23.6. The Bertz CT molecular complexity index is 1510. The molecule has 4 aromatic rings. The zero-order valence-corrected chi connectivity index (χ0v) is 21.3. The lowest BCUT2D eigenvalue weighted by molar-refractivity contribution is 0.0994. The minimum atomic E-state index is -3.92. The quantitative estimate of drug-likeness (QED) is 0.146. The fourth-order valence-electron chi connectivity index (χ4n) is 3.11. The highest BCUT2D eigenvalue weighted by atomic mass is 127. The molecule has 1 amide bonds. The van der Waals surface area contributed by atoms with Gasteiger partial charge in [-0.25, -0.2) is 8.42 Å². The molecule has 0 aliphatic carbocycles. The van der Waals surface area contributed by atoms with E-state index < -0.39 is 15.9 Å². The Morgan fingerprint density at radius 3 is 2.27 bits per heavy atom. The summed E-state index contributed by atoms with van der Waals surface area (Å²) in [5.74, 6) is -0.791. The number of hydrogen-bond acceptors (Lipinski definition) is 5. The molecule has 0 aliphatic rings. The summed E-state index contributed by atoms with van der Waals surface area (Å²) in [6.07, 6.45) is 0. The Kier molecular flexibility index (Phi) is 6.77. The van der Waals surface area contributed by atoms with E-state index in [-0.39, 0.29) is 22.0 Å². The van der Waals surface area contributed by atoms with E-state index in [9.17, 15) is 18.3 Å². The molecule has 0 saturated carbocycles. The summed E-state index contributed by atoms with van der Waals surface area (Å²) in [6, 6.07) is 21.2. The third-order valence-electron chi connectivity index (χ3n) is 4.72. The number of amides is 1. The molecule has 0 spiro atoms. The normalized spacial score (nSPS) is 11.7. The average molecular weight is 636 g/mol. The molecule has 0 saturated heterocycles. The second-order valence-corrected chi connectivity index (χ2v) is 10.6. The molecule has 0 radical (unpaired) electrons. The first-order chi connectivity index (χ1) is 15.8. The summed E-state index contributed by atoms with van der Waals surface area (Å²) >= 11 is 5.31. The van der Waals surface area contributed by atoms with Crippen molar-refractivity contribution in [2.45, 2.75) is 4.90 Å². The minimum absolute atomic E-state index is 0.0403. The van der Waals surface area contributed by atoms with Gasteiger partial charge in [0.15, 0.2) is 5.75 Å². The van der Waals surface area contributed by atoms with Crippen molar-refractivity contribution < 1.29 is 18.3 Å². The van der Waals surface area contributed by atoms with Gasteiger partial charge in [-0.15, -0.1) is 10.2 Å². The number of aromatic hydroxyl groups is 1. The topological polar surface area (TPSA) is 108 Å². The summed E-state index contributed by atoms with van der Waals surface area (Å²) in [4.78, 5) is 12.5. The maximum Gasteiger partial charge on any atom is 0.296 e. The Morgan fingerprint density at radius 2 is 1.58 bits per heavy atom. The number of nitrogens with one attached hydrogen (secondary N) is 1. The number of rotatable bonds is 5. The monoisotopic (exact) mass is 635 g/mol. The first-order valence-electron chi connectivity index (χ1n) is 9.50. The second kappa shape index (κ2) is 9.57. The smallest absolute Gasteiger partial charge is 0.296 e. The highest BCUT2D eigenvalue weighted by molar-refractivity contribution is 14.1. The number of halogens is 2. The maximum absolute atomic E-state index is 12.9. The van der Waals surface area contributed by atoms with E-state index in [0.717, 1.165) is 4.47 Å². The molecule has 33 heavy (non-hydrogen) atoms. The predicted octanol–water partition coefficient (Wildman–Crippen LogP) is 6.64. The van der Waals surface area contributed by atoms with Crippen LogP contribution in [-0.4, -0.2) is 19.4 Å². The van der Waals surface area contributed by atoms with E-state index in [1.54, 1.807) is 60.7 Å². The van der Waals surface area contributed by atoms with Gasteiger partial charge in [0, 0.05) is 18.8 Å². The van der Waals surface area contributed by atoms with E-state index in [2.05, 4.69) is 30.9 Å². The van der Waals surface area contributed by atoms with Crippen LogP contribution < -0.4 is 4.72 Å². The molecule has 166 valence electrons. The average Bonchev–Trinajstić information content (AvgIpc) is 2.80. The summed E-state index contributed by atoms with van der Waals surface area (Å²) in [7, 11) is -3.92. The van der Waals surface area contributed by atoms with Crippen LogP contribution in [0.5, 0.6) is 5.75 Å². The van der Waals surface area contributed by atoms with Crippen LogP contribution >= 0.6 is 38.5 Å². The second-order valence-electron chi connectivity index (χ2n) is 6.88. The fraction of sp³-hybridized carbons (Fsp3) is 0. The van der Waals surface area contributed by atoms with Gasteiger partial charge < -0.3 is 5.11 Å². The minimum Gasteiger partial charge on any atom is -0.505 e. The van der Waals surface area contributed by atoms with E-state index >= 15 is 0 Å². The Hall–Kier alpha value is -2.83. The van der Waals surface area contributed by atoms with Gasteiger partial charge >= 0.3 is 0 Å². The number of hydrogen-bond donors (Lipinski definition) is 2. The highest BCUT2D eigenvalue weighted by Gasteiger charge is 2.19. The summed E-state index contributed by atoms with van der Waals surface area (Å²) in [5.41, 5.74) is 0.529. The van der Waals surface area contributed by atoms with E-state index in [1.807, 2.05) is 22.6 Å². The summed E-state index contributed by atoms with van der Waals surface area (Å²) < 4.78 is 29.9. The molecule has 0 heterocycles. The van der Waals surface area contributed by atoms with Gasteiger partial charge in [0.1, 0.15) is 5.69 Å². The van der Waals surface area contributed by atoms with Gasteiger partial charge in [-0.1, -0.05) is 52.3 Å². The zero-order valence-electron chi connectivity index (χ0n) is 16.7. The van der Waals surface area contributed by atoms with Crippen LogP contribution in [0, 0.1) is 3.57 Å². The van der Waals surface area contributed by atoms with Gasteiger partial charge in [-0.05, 0) is 65.1 Å². The fourth-order valence-corrected chi connectivity index (χ4v) is 5.06. The maximum atomic E-state index is 12.9. The van der Waals surface area contributed by atoms with Crippen molar-refractivity contribution in [3.8, 4) is 5.75 Å². The van der Waals surface area contributed by atoms with Gasteiger partial charge in [-0.2, -0.15) is 0 Å². The summed E-state index contributed by atoms with van der Waals surface area (Å²) in [5, 5.41) is 19.2.